The highest BCUT2D eigenvalue weighted by Crippen LogP contribution is 2.14. The minimum absolute atomic E-state index is 1.23. The SMILES string of the molecule is C1CC1.Cc1cncc(C)c1.Cc1cncc(C)c1. The molecular weight excluding hydrogens is 232 g/mol. The Bertz CT molecular complexity index is 409. The smallest absolute Gasteiger partial charge is 0.0297 e. The normalized spacial score (nSPS) is 11.6. The zero-order chi connectivity index (χ0) is 14.1. The Hall–Kier alpha value is -1.70. The number of aryl methyl sites for hydroxylation is 4. The lowest BCUT2D eigenvalue weighted by molar-refractivity contribution is 1.22. The zero-order valence-electron chi connectivity index (χ0n) is 12.5. The van der Waals surface area contributed by atoms with Crippen LogP contribution in [0.3, 0.4) is 0 Å². The number of aromatic nitrogens is 2. The molecule has 1 fully saturated rings. The van der Waals surface area contributed by atoms with E-state index in [-0.39, 0.29) is 0 Å². The molecule has 2 nitrogen and oxygen atoms in total. The van der Waals surface area contributed by atoms with Crippen LogP contribution in [0.15, 0.2) is 36.9 Å². The summed E-state index contributed by atoms with van der Waals surface area (Å²) in [7, 11) is 0. The molecule has 1 aliphatic carbocycles. The molecule has 2 aromatic rings. The Morgan fingerprint density at radius 3 is 0.947 bits per heavy atom. The summed E-state index contributed by atoms with van der Waals surface area (Å²) in [6, 6.07) is 4.21. The van der Waals surface area contributed by atoms with Crippen molar-refractivity contribution in [3.05, 3.63) is 59.2 Å². The quantitative estimate of drug-likeness (QED) is 0.690. The third kappa shape index (κ3) is 8.95. The largest absolute Gasteiger partial charge is 0.264 e. The van der Waals surface area contributed by atoms with Crippen LogP contribution in [0.2, 0.25) is 0 Å². The van der Waals surface area contributed by atoms with E-state index in [9.17, 15) is 0 Å². The molecule has 0 radical (unpaired) electrons. The van der Waals surface area contributed by atoms with E-state index in [0.717, 1.165) is 0 Å². The molecule has 0 N–H and O–H groups in total. The lowest BCUT2D eigenvalue weighted by atomic mass is 10.2. The fourth-order valence-corrected chi connectivity index (χ4v) is 1.41. The molecule has 0 unspecified atom stereocenters. The first-order chi connectivity index (χ1) is 9.08. The standard InChI is InChI=1S/2C7H9N.C3H6/c2*1-6-3-7(2)5-8-4-6;1-2-3-1/h2*3-5H,1-2H3;1-3H2. The van der Waals surface area contributed by atoms with Crippen molar-refractivity contribution in [2.24, 2.45) is 0 Å². The molecular formula is C17H24N2. The molecule has 2 aromatic heterocycles. The summed E-state index contributed by atoms with van der Waals surface area (Å²) in [5.41, 5.74) is 4.91. The third-order valence-corrected chi connectivity index (χ3v) is 2.38. The van der Waals surface area contributed by atoms with Gasteiger partial charge in [-0.25, -0.2) is 0 Å². The monoisotopic (exact) mass is 256 g/mol. The van der Waals surface area contributed by atoms with Crippen LogP contribution in [-0.4, -0.2) is 9.97 Å². The van der Waals surface area contributed by atoms with Gasteiger partial charge in [0.15, 0.2) is 0 Å². The van der Waals surface area contributed by atoms with Gasteiger partial charge in [-0.3, -0.25) is 9.97 Å². The lowest BCUT2D eigenvalue weighted by Gasteiger charge is -1.89. The summed E-state index contributed by atoms with van der Waals surface area (Å²) in [5, 5.41) is 0. The highest BCUT2D eigenvalue weighted by atomic mass is 14.6. The van der Waals surface area contributed by atoms with Crippen LogP contribution in [0, 0.1) is 27.7 Å². The predicted molar refractivity (Wildman–Crippen MR) is 81.3 cm³/mol. The summed E-state index contributed by atoms with van der Waals surface area (Å²) in [5.74, 6) is 0. The Labute approximate surface area is 116 Å². The Morgan fingerprint density at radius 1 is 0.579 bits per heavy atom. The highest BCUT2D eigenvalue weighted by molar-refractivity contribution is 5.14. The van der Waals surface area contributed by atoms with Gasteiger partial charge < -0.3 is 0 Å². The number of rotatable bonds is 0. The molecule has 2 heterocycles. The number of hydrogen-bond donors (Lipinski definition) is 0. The summed E-state index contributed by atoms with van der Waals surface area (Å²) in [4.78, 5) is 7.97. The van der Waals surface area contributed by atoms with Crippen LogP contribution in [0.1, 0.15) is 41.5 Å². The fraction of sp³-hybridized carbons (Fsp3) is 0.412. The van der Waals surface area contributed by atoms with Gasteiger partial charge in [0.05, 0.1) is 0 Å². The Balaban J connectivity index is 0.000000156. The first kappa shape index (κ1) is 15.4. The van der Waals surface area contributed by atoms with E-state index in [2.05, 4.69) is 22.1 Å². The first-order valence-electron chi connectivity index (χ1n) is 6.84. The summed E-state index contributed by atoms with van der Waals surface area (Å²) < 4.78 is 0. The molecule has 1 aliphatic rings. The average Bonchev–Trinajstić information content (AvgIpc) is 3.16. The fourth-order valence-electron chi connectivity index (χ4n) is 1.41. The predicted octanol–water partition coefficient (Wildman–Crippen LogP) is 4.57. The Morgan fingerprint density at radius 2 is 0.842 bits per heavy atom. The van der Waals surface area contributed by atoms with Gasteiger partial charge in [0, 0.05) is 24.8 Å². The van der Waals surface area contributed by atoms with E-state index in [1.165, 1.54) is 41.5 Å². The number of nitrogens with zero attached hydrogens (tertiary/aromatic N) is 2. The molecule has 0 spiro atoms. The maximum absolute atomic E-state index is 3.98. The van der Waals surface area contributed by atoms with Crippen LogP contribution >= 0.6 is 0 Å². The molecule has 102 valence electrons. The maximum Gasteiger partial charge on any atom is 0.0297 e. The lowest BCUT2D eigenvalue weighted by Crippen LogP contribution is -1.76. The Kier molecular flexibility index (Phi) is 6.80. The van der Waals surface area contributed by atoms with E-state index in [4.69, 9.17) is 0 Å². The molecule has 2 heteroatoms. The summed E-state index contributed by atoms with van der Waals surface area (Å²) in [6.07, 6.45) is 11.9. The van der Waals surface area contributed by atoms with Gasteiger partial charge in [-0.2, -0.15) is 0 Å². The minimum Gasteiger partial charge on any atom is -0.264 e. The van der Waals surface area contributed by atoms with Crippen molar-refractivity contribution < 1.29 is 0 Å². The van der Waals surface area contributed by atoms with Crippen molar-refractivity contribution in [2.75, 3.05) is 0 Å². The van der Waals surface area contributed by atoms with Crippen LogP contribution in [-0.2, 0) is 0 Å². The summed E-state index contributed by atoms with van der Waals surface area (Å²) >= 11 is 0. The molecule has 1 saturated carbocycles. The molecule has 0 saturated heterocycles. The van der Waals surface area contributed by atoms with E-state index in [0.29, 0.717) is 0 Å². The number of pyridine rings is 2. The van der Waals surface area contributed by atoms with Crippen molar-refractivity contribution in [2.45, 2.75) is 47.0 Å². The van der Waals surface area contributed by atoms with E-state index >= 15 is 0 Å². The van der Waals surface area contributed by atoms with E-state index in [1.54, 1.807) is 0 Å². The second-order valence-electron chi connectivity index (χ2n) is 5.14. The summed E-state index contributed by atoms with van der Waals surface area (Å²) in [6.45, 7) is 8.17. The maximum atomic E-state index is 3.98. The van der Waals surface area contributed by atoms with E-state index < -0.39 is 0 Å². The molecule has 0 amide bonds. The van der Waals surface area contributed by atoms with Crippen molar-refractivity contribution in [3.63, 3.8) is 0 Å². The van der Waals surface area contributed by atoms with Gasteiger partial charge in [-0.1, -0.05) is 31.4 Å². The average molecular weight is 256 g/mol. The third-order valence-electron chi connectivity index (χ3n) is 2.38. The molecule has 19 heavy (non-hydrogen) atoms. The first-order valence-corrected chi connectivity index (χ1v) is 6.84. The minimum atomic E-state index is 1.23. The molecule has 0 bridgehead atoms. The van der Waals surface area contributed by atoms with Gasteiger partial charge in [-0.15, -0.1) is 0 Å². The van der Waals surface area contributed by atoms with Crippen molar-refractivity contribution in [1.82, 2.24) is 9.97 Å². The van der Waals surface area contributed by atoms with Crippen molar-refractivity contribution in [3.8, 4) is 0 Å². The number of hydrogen-bond acceptors (Lipinski definition) is 2. The van der Waals surface area contributed by atoms with Crippen LogP contribution in [0.4, 0.5) is 0 Å². The van der Waals surface area contributed by atoms with Crippen LogP contribution in [0.5, 0.6) is 0 Å². The highest BCUT2D eigenvalue weighted by Gasteiger charge is 1.95. The molecule has 3 rings (SSSR count). The topological polar surface area (TPSA) is 25.8 Å². The second-order valence-corrected chi connectivity index (χ2v) is 5.14. The van der Waals surface area contributed by atoms with Crippen LogP contribution in [0.25, 0.3) is 0 Å². The van der Waals surface area contributed by atoms with Gasteiger partial charge in [0.1, 0.15) is 0 Å². The molecule has 0 aliphatic heterocycles. The molecule has 0 aromatic carbocycles. The van der Waals surface area contributed by atoms with Gasteiger partial charge in [-0.05, 0) is 49.9 Å². The van der Waals surface area contributed by atoms with Crippen molar-refractivity contribution >= 4 is 0 Å². The van der Waals surface area contributed by atoms with Gasteiger partial charge in [0.25, 0.3) is 0 Å². The molecule has 0 atom stereocenters. The van der Waals surface area contributed by atoms with Crippen molar-refractivity contribution in [1.29, 1.82) is 0 Å². The van der Waals surface area contributed by atoms with Gasteiger partial charge >= 0.3 is 0 Å². The van der Waals surface area contributed by atoms with Gasteiger partial charge in [0.2, 0.25) is 0 Å². The van der Waals surface area contributed by atoms with Crippen LogP contribution < -0.4 is 0 Å². The van der Waals surface area contributed by atoms with E-state index in [1.807, 2.05) is 52.5 Å². The second kappa shape index (κ2) is 8.41. The zero-order valence-corrected chi connectivity index (χ0v) is 12.5.